The molecule has 166 valence electrons. The number of aryl methyl sites for hydroxylation is 1. The van der Waals surface area contributed by atoms with Crippen molar-refractivity contribution < 1.29 is 24.0 Å². The van der Waals surface area contributed by atoms with Gasteiger partial charge in [0.1, 0.15) is 5.75 Å². The standard InChI is InChI=1S/C24H19N3O6/c1-13-5-4-6-20(14(13)2)26-23(29)17-9-7-15(11-18(17)24(26)30)22(28)25-19-12-16(27(31)32)8-10-21(19)33-3/h4-12H,1-3H3,(H,25,28). The minimum atomic E-state index is -0.609. The zero-order valence-electron chi connectivity index (χ0n) is 18.0. The normalized spacial score (nSPS) is 12.5. The number of benzene rings is 3. The predicted molar refractivity (Wildman–Crippen MR) is 121 cm³/mol. The molecule has 0 aromatic heterocycles. The second-order valence-corrected chi connectivity index (χ2v) is 7.52. The highest BCUT2D eigenvalue weighted by Gasteiger charge is 2.38. The van der Waals surface area contributed by atoms with Gasteiger partial charge in [0.05, 0.1) is 34.5 Å². The van der Waals surface area contributed by atoms with Crippen LogP contribution >= 0.6 is 0 Å². The summed E-state index contributed by atoms with van der Waals surface area (Å²) in [6.45, 7) is 3.72. The molecule has 1 heterocycles. The first-order valence-corrected chi connectivity index (χ1v) is 9.95. The Labute approximate surface area is 188 Å². The monoisotopic (exact) mass is 445 g/mol. The number of ether oxygens (including phenoxy) is 1. The van der Waals surface area contributed by atoms with Gasteiger partial charge in [-0.25, -0.2) is 4.90 Å². The summed E-state index contributed by atoms with van der Waals surface area (Å²) in [5, 5.41) is 13.6. The summed E-state index contributed by atoms with van der Waals surface area (Å²) in [6, 6.07) is 13.4. The Hall–Kier alpha value is -4.53. The number of nitrogens with zero attached hydrogens (tertiary/aromatic N) is 2. The van der Waals surface area contributed by atoms with Crippen molar-refractivity contribution in [2.45, 2.75) is 13.8 Å². The van der Waals surface area contributed by atoms with Crippen molar-refractivity contribution in [3.63, 3.8) is 0 Å². The summed E-state index contributed by atoms with van der Waals surface area (Å²) in [6.07, 6.45) is 0. The maximum Gasteiger partial charge on any atom is 0.271 e. The van der Waals surface area contributed by atoms with E-state index in [4.69, 9.17) is 4.74 Å². The van der Waals surface area contributed by atoms with Gasteiger partial charge in [-0.1, -0.05) is 12.1 Å². The van der Waals surface area contributed by atoms with E-state index in [1.807, 2.05) is 19.9 Å². The van der Waals surface area contributed by atoms with Crippen molar-refractivity contribution in [1.29, 1.82) is 0 Å². The number of hydrogen-bond acceptors (Lipinski definition) is 6. The number of carbonyl (C=O) groups is 3. The quantitative estimate of drug-likeness (QED) is 0.356. The third-order valence-electron chi connectivity index (χ3n) is 5.61. The number of fused-ring (bicyclic) bond motifs is 1. The number of hydrogen-bond donors (Lipinski definition) is 1. The maximum absolute atomic E-state index is 13.1. The summed E-state index contributed by atoms with van der Waals surface area (Å²) < 4.78 is 5.16. The molecule has 0 radical (unpaired) electrons. The SMILES string of the molecule is COc1ccc([N+](=O)[O-])cc1NC(=O)c1ccc2c(c1)C(=O)N(c1cccc(C)c1C)C2=O. The molecule has 0 fully saturated rings. The van der Waals surface area contributed by atoms with Gasteiger partial charge in [0.2, 0.25) is 0 Å². The number of carbonyl (C=O) groups excluding carboxylic acids is 3. The first kappa shape index (κ1) is 21.7. The first-order valence-electron chi connectivity index (χ1n) is 9.95. The first-order chi connectivity index (χ1) is 15.7. The van der Waals surface area contributed by atoms with Crippen LogP contribution in [0.5, 0.6) is 5.75 Å². The molecule has 0 saturated carbocycles. The number of nitrogens with one attached hydrogen (secondary N) is 1. The number of amides is 3. The summed E-state index contributed by atoms with van der Waals surface area (Å²) >= 11 is 0. The van der Waals surface area contributed by atoms with E-state index in [-0.39, 0.29) is 33.8 Å². The van der Waals surface area contributed by atoms with Crippen LogP contribution in [0.1, 0.15) is 42.2 Å². The zero-order chi connectivity index (χ0) is 23.9. The van der Waals surface area contributed by atoms with E-state index in [2.05, 4.69) is 5.32 Å². The van der Waals surface area contributed by atoms with E-state index in [1.54, 1.807) is 12.1 Å². The Bertz CT molecular complexity index is 1350. The van der Waals surface area contributed by atoms with E-state index < -0.39 is 22.6 Å². The molecule has 4 rings (SSSR count). The second-order valence-electron chi connectivity index (χ2n) is 7.52. The minimum Gasteiger partial charge on any atom is -0.495 e. The van der Waals surface area contributed by atoms with Crippen LogP contribution in [0.4, 0.5) is 17.1 Å². The van der Waals surface area contributed by atoms with Crippen molar-refractivity contribution >= 4 is 34.8 Å². The largest absolute Gasteiger partial charge is 0.495 e. The lowest BCUT2D eigenvalue weighted by atomic mass is 10.1. The predicted octanol–water partition coefficient (Wildman–Crippen LogP) is 4.27. The third kappa shape index (κ3) is 3.69. The summed E-state index contributed by atoms with van der Waals surface area (Å²) in [5.41, 5.74) is 2.56. The van der Waals surface area contributed by atoms with Crippen LogP contribution in [0, 0.1) is 24.0 Å². The average molecular weight is 445 g/mol. The smallest absolute Gasteiger partial charge is 0.271 e. The van der Waals surface area contributed by atoms with Gasteiger partial charge in [-0.05, 0) is 55.3 Å². The van der Waals surface area contributed by atoms with Gasteiger partial charge in [-0.2, -0.15) is 0 Å². The molecule has 3 aromatic rings. The van der Waals surface area contributed by atoms with Crippen LogP contribution in [-0.2, 0) is 0 Å². The van der Waals surface area contributed by atoms with Crippen molar-refractivity contribution in [3.8, 4) is 5.75 Å². The highest BCUT2D eigenvalue weighted by Crippen LogP contribution is 2.33. The highest BCUT2D eigenvalue weighted by atomic mass is 16.6. The van der Waals surface area contributed by atoms with E-state index in [1.165, 1.54) is 43.5 Å². The van der Waals surface area contributed by atoms with Gasteiger partial charge in [0.15, 0.2) is 0 Å². The van der Waals surface area contributed by atoms with Gasteiger partial charge in [-0.15, -0.1) is 0 Å². The second kappa shape index (κ2) is 8.19. The lowest BCUT2D eigenvalue weighted by Gasteiger charge is -2.17. The van der Waals surface area contributed by atoms with Crippen LogP contribution in [-0.4, -0.2) is 29.8 Å². The molecule has 33 heavy (non-hydrogen) atoms. The number of anilines is 2. The fourth-order valence-corrected chi connectivity index (χ4v) is 3.68. The number of nitro groups is 1. The van der Waals surface area contributed by atoms with E-state index in [9.17, 15) is 24.5 Å². The van der Waals surface area contributed by atoms with Crippen LogP contribution in [0.25, 0.3) is 0 Å². The van der Waals surface area contributed by atoms with E-state index in [0.29, 0.717) is 5.69 Å². The Balaban J connectivity index is 1.66. The number of imide groups is 1. The molecule has 1 aliphatic heterocycles. The molecule has 9 nitrogen and oxygen atoms in total. The Morgan fingerprint density at radius 2 is 1.73 bits per heavy atom. The third-order valence-corrected chi connectivity index (χ3v) is 5.61. The van der Waals surface area contributed by atoms with Gasteiger partial charge >= 0.3 is 0 Å². The fourth-order valence-electron chi connectivity index (χ4n) is 3.68. The zero-order valence-corrected chi connectivity index (χ0v) is 18.0. The maximum atomic E-state index is 13.1. The number of nitro benzene ring substituents is 1. The molecular formula is C24H19N3O6. The van der Waals surface area contributed by atoms with Gasteiger partial charge < -0.3 is 10.1 Å². The molecule has 0 saturated heterocycles. The molecule has 1 N–H and O–H groups in total. The van der Waals surface area contributed by atoms with Crippen LogP contribution in [0.3, 0.4) is 0 Å². The highest BCUT2D eigenvalue weighted by molar-refractivity contribution is 6.35. The Morgan fingerprint density at radius 1 is 1.00 bits per heavy atom. The fraction of sp³-hybridized carbons (Fsp3) is 0.125. The summed E-state index contributed by atoms with van der Waals surface area (Å²) in [7, 11) is 1.37. The molecule has 0 bridgehead atoms. The number of rotatable bonds is 5. The lowest BCUT2D eigenvalue weighted by molar-refractivity contribution is -0.384. The van der Waals surface area contributed by atoms with Gasteiger partial charge in [0, 0.05) is 17.7 Å². The van der Waals surface area contributed by atoms with Crippen molar-refractivity contribution in [2.24, 2.45) is 0 Å². The van der Waals surface area contributed by atoms with Crippen LogP contribution < -0.4 is 15.0 Å². The molecular weight excluding hydrogens is 426 g/mol. The Morgan fingerprint density at radius 3 is 2.42 bits per heavy atom. The van der Waals surface area contributed by atoms with Crippen molar-refractivity contribution in [1.82, 2.24) is 0 Å². The molecule has 3 amide bonds. The summed E-state index contributed by atoms with van der Waals surface area (Å²) in [5.74, 6) is -1.35. The van der Waals surface area contributed by atoms with E-state index in [0.717, 1.165) is 16.0 Å². The number of non-ortho nitro benzene ring substituents is 1. The topological polar surface area (TPSA) is 119 Å². The molecule has 0 aliphatic carbocycles. The van der Waals surface area contributed by atoms with Gasteiger partial charge in [-0.3, -0.25) is 24.5 Å². The summed E-state index contributed by atoms with van der Waals surface area (Å²) in [4.78, 5) is 50.5. The molecule has 0 unspecified atom stereocenters. The average Bonchev–Trinajstić information content (AvgIpc) is 3.05. The van der Waals surface area contributed by atoms with E-state index >= 15 is 0 Å². The molecule has 3 aromatic carbocycles. The molecule has 0 atom stereocenters. The van der Waals surface area contributed by atoms with Gasteiger partial charge in [0.25, 0.3) is 23.4 Å². The Kier molecular flexibility index (Phi) is 5.39. The van der Waals surface area contributed by atoms with Crippen LogP contribution in [0.2, 0.25) is 0 Å². The minimum absolute atomic E-state index is 0.108. The molecule has 0 spiro atoms. The molecule has 9 heteroatoms. The van der Waals surface area contributed by atoms with Crippen molar-refractivity contribution in [3.05, 3.63) is 92.5 Å². The lowest BCUT2D eigenvalue weighted by Crippen LogP contribution is -2.30. The van der Waals surface area contributed by atoms with Crippen LogP contribution in [0.15, 0.2) is 54.6 Å². The van der Waals surface area contributed by atoms with Crippen molar-refractivity contribution in [2.75, 3.05) is 17.3 Å². The molecule has 1 aliphatic rings. The number of methoxy groups -OCH3 is 1.